The van der Waals surface area contributed by atoms with Crippen LogP contribution in [0.15, 0.2) is 72.8 Å². The minimum Gasteiger partial charge on any atom is -0.447 e. The number of rotatable bonds is 9. The molecule has 2 aliphatic rings. The number of halogens is 1. The van der Waals surface area contributed by atoms with Gasteiger partial charge in [-0.15, -0.1) is 0 Å². The first-order chi connectivity index (χ1) is 20.8. The normalized spacial score (nSPS) is 17.8. The van der Waals surface area contributed by atoms with Gasteiger partial charge < -0.3 is 24.4 Å². The summed E-state index contributed by atoms with van der Waals surface area (Å²) in [4.78, 5) is 53.2. The van der Waals surface area contributed by atoms with Crippen LogP contribution in [-0.4, -0.2) is 68.4 Å². The smallest absolute Gasteiger partial charge is 0.412 e. The average molecular weight is 607 g/mol. The molecule has 1 saturated heterocycles. The second-order valence-corrected chi connectivity index (χ2v) is 10.7. The Hall–Kier alpha value is -4.61. The molecule has 0 saturated carbocycles. The third kappa shape index (κ3) is 7.07. The Bertz CT molecular complexity index is 1500. The van der Waals surface area contributed by atoms with Crippen LogP contribution in [-0.2, 0) is 31.0 Å². The zero-order valence-electron chi connectivity index (χ0n) is 23.4. The van der Waals surface area contributed by atoms with E-state index in [4.69, 9.17) is 25.8 Å². The van der Waals surface area contributed by atoms with Gasteiger partial charge in [-0.3, -0.25) is 20.2 Å². The fourth-order valence-corrected chi connectivity index (χ4v) is 5.40. The molecule has 43 heavy (non-hydrogen) atoms. The molecule has 2 atom stereocenters. The van der Waals surface area contributed by atoms with Crippen molar-refractivity contribution in [2.24, 2.45) is 0 Å². The summed E-state index contributed by atoms with van der Waals surface area (Å²) in [5, 5.41) is 8.64. The molecular weight excluding hydrogens is 576 g/mol. The Morgan fingerprint density at radius 1 is 1.07 bits per heavy atom. The molecule has 11 nitrogen and oxygen atoms in total. The summed E-state index contributed by atoms with van der Waals surface area (Å²) in [5.74, 6) is -0.757. The maximum absolute atomic E-state index is 13.9. The van der Waals surface area contributed by atoms with Gasteiger partial charge >= 0.3 is 12.2 Å². The third-order valence-corrected chi connectivity index (χ3v) is 7.58. The van der Waals surface area contributed by atoms with Crippen molar-refractivity contribution < 1.29 is 33.4 Å². The SMILES string of the molecule is COCCOC(=O)Nc1ccc(C(=O)NC(Cc2ccccc2)C(=O)N2CCC3(C2)OC(=O)Nc2ccc(Cl)cc23)cc1. The van der Waals surface area contributed by atoms with Gasteiger partial charge in [-0.2, -0.15) is 0 Å². The van der Waals surface area contributed by atoms with Crippen LogP contribution in [0.4, 0.5) is 21.0 Å². The first-order valence-corrected chi connectivity index (χ1v) is 14.1. The minimum absolute atomic E-state index is 0.109. The molecular formula is C31H31ClN4O7. The largest absolute Gasteiger partial charge is 0.447 e. The maximum atomic E-state index is 13.9. The quantitative estimate of drug-likeness (QED) is 0.304. The number of carbonyl (C=O) groups excluding carboxylic acids is 4. The van der Waals surface area contributed by atoms with E-state index in [1.165, 1.54) is 7.11 Å². The Labute approximate surface area is 253 Å². The van der Waals surface area contributed by atoms with Gasteiger partial charge in [-0.1, -0.05) is 41.9 Å². The van der Waals surface area contributed by atoms with E-state index in [0.717, 1.165) is 5.56 Å². The van der Waals surface area contributed by atoms with Gasteiger partial charge in [0.05, 0.1) is 18.8 Å². The number of ether oxygens (including phenoxy) is 3. The summed E-state index contributed by atoms with van der Waals surface area (Å²) in [6.07, 6.45) is -0.602. The Balaban J connectivity index is 1.31. The zero-order chi connectivity index (χ0) is 30.4. The molecule has 4 amide bonds. The fourth-order valence-electron chi connectivity index (χ4n) is 5.23. The lowest BCUT2D eigenvalue weighted by Gasteiger charge is -2.35. The molecule has 224 valence electrons. The van der Waals surface area contributed by atoms with Crippen LogP contribution in [0, 0.1) is 0 Å². The average Bonchev–Trinajstić information content (AvgIpc) is 3.42. The van der Waals surface area contributed by atoms with Crippen LogP contribution in [0.1, 0.15) is 27.9 Å². The van der Waals surface area contributed by atoms with E-state index < -0.39 is 29.7 Å². The van der Waals surface area contributed by atoms with Crippen molar-refractivity contribution in [1.82, 2.24) is 10.2 Å². The molecule has 1 spiro atoms. The lowest BCUT2D eigenvalue weighted by atomic mass is 9.90. The van der Waals surface area contributed by atoms with Crippen LogP contribution in [0.5, 0.6) is 0 Å². The molecule has 12 heteroatoms. The summed E-state index contributed by atoms with van der Waals surface area (Å²) >= 11 is 6.26. The van der Waals surface area contributed by atoms with Crippen molar-refractivity contribution in [3.63, 3.8) is 0 Å². The molecule has 2 heterocycles. The number of nitrogens with zero attached hydrogens (tertiary/aromatic N) is 1. The van der Waals surface area contributed by atoms with E-state index in [1.807, 2.05) is 30.3 Å². The molecule has 5 rings (SSSR count). The van der Waals surface area contributed by atoms with Crippen LogP contribution in [0.2, 0.25) is 5.02 Å². The van der Waals surface area contributed by atoms with Crippen molar-refractivity contribution in [1.29, 1.82) is 0 Å². The van der Waals surface area contributed by atoms with Gasteiger partial charge in [-0.05, 0) is 48.0 Å². The topological polar surface area (TPSA) is 135 Å². The summed E-state index contributed by atoms with van der Waals surface area (Å²) < 4.78 is 15.6. The summed E-state index contributed by atoms with van der Waals surface area (Å²) in [6, 6.07) is 19.9. The molecule has 3 aromatic rings. The highest BCUT2D eigenvalue weighted by atomic mass is 35.5. The molecule has 3 N–H and O–H groups in total. The molecule has 2 aliphatic heterocycles. The van der Waals surface area contributed by atoms with Crippen molar-refractivity contribution in [3.8, 4) is 0 Å². The highest BCUT2D eigenvalue weighted by Crippen LogP contribution is 2.43. The van der Waals surface area contributed by atoms with Crippen molar-refractivity contribution in [2.75, 3.05) is 44.0 Å². The van der Waals surface area contributed by atoms with Crippen LogP contribution < -0.4 is 16.0 Å². The number of fused-ring (bicyclic) bond motifs is 2. The number of anilines is 2. The lowest BCUT2D eigenvalue weighted by molar-refractivity contribution is -0.133. The monoisotopic (exact) mass is 606 g/mol. The fraction of sp³-hybridized carbons (Fsp3) is 0.290. The van der Waals surface area contributed by atoms with Gasteiger partial charge in [0.2, 0.25) is 5.91 Å². The van der Waals surface area contributed by atoms with Gasteiger partial charge in [-0.25, -0.2) is 9.59 Å². The standard InChI is InChI=1S/C31H31ClN4O7/c1-41-15-16-42-29(39)33-23-10-7-21(8-11-23)27(37)34-26(17-20-5-3-2-4-6-20)28(38)36-14-13-31(19-36)24-18-22(32)9-12-25(24)35-30(40)43-31/h2-12,18,26H,13-17,19H2,1H3,(H,33,39)(H,34,37)(H,35,40). The molecule has 0 aromatic heterocycles. The first kappa shape index (κ1) is 29.9. The van der Waals surface area contributed by atoms with Gasteiger partial charge in [0.1, 0.15) is 12.6 Å². The second-order valence-electron chi connectivity index (χ2n) is 10.3. The van der Waals surface area contributed by atoms with Gasteiger partial charge in [0, 0.05) is 48.3 Å². The number of benzene rings is 3. The molecule has 0 radical (unpaired) electrons. The summed E-state index contributed by atoms with van der Waals surface area (Å²) in [5.41, 5.74) is 1.85. The van der Waals surface area contributed by atoms with Gasteiger partial charge in [0.25, 0.3) is 5.91 Å². The highest BCUT2D eigenvalue weighted by Gasteiger charge is 2.49. The number of likely N-dealkylation sites (tertiary alicyclic amines) is 1. The Morgan fingerprint density at radius 3 is 2.58 bits per heavy atom. The second kappa shape index (κ2) is 13.1. The van der Waals surface area contributed by atoms with Crippen molar-refractivity contribution >= 4 is 47.0 Å². The van der Waals surface area contributed by atoms with E-state index >= 15 is 0 Å². The van der Waals surface area contributed by atoms with E-state index in [9.17, 15) is 19.2 Å². The van der Waals surface area contributed by atoms with E-state index in [0.29, 0.717) is 40.5 Å². The molecule has 0 aliphatic carbocycles. The number of hydrogen-bond acceptors (Lipinski definition) is 7. The number of carbonyl (C=O) groups is 4. The Morgan fingerprint density at radius 2 is 1.84 bits per heavy atom. The van der Waals surface area contributed by atoms with E-state index in [1.54, 1.807) is 47.4 Å². The molecule has 3 aromatic carbocycles. The minimum atomic E-state index is -1.05. The van der Waals surface area contributed by atoms with Crippen LogP contribution in [0.3, 0.4) is 0 Å². The van der Waals surface area contributed by atoms with Crippen LogP contribution >= 0.6 is 11.6 Å². The van der Waals surface area contributed by atoms with Crippen molar-refractivity contribution in [3.05, 3.63) is 94.5 Å². The predicted molar refractivity (Wildman–Crippen MR) is 159 cm³/mol. The summed E-state index contributed by atoms with van der Waals surface area (Å²) in [6.45, 7) is 0.823. The lowest BCUT2D eigenvalue weighted by Crippen LogP contribution is -2.50. The molecule has 1 fully saturated rings. The molecule has 0 bridgehead atoms. The van der Waals surface area contributed by atoms with Gasteiger partial charge in [0.15, 0.2) is 5.60 Å². The number of nitrogens with one attached hydrogen (secondary N) is 3. The van der Waals surface area contributed by atoms with Crippen molar-refractivity contribution in [2.45, 2.75) is 24.5 Å². The van der Waals surface area contributed by atoms with E-state index in [2.05, 4.69) is 16.0 Å². The number of amides is 4. The zero-order valence-corrected chi connectivity index (χ0v) is 24.2. The highest BCUT2D eigenvalue weighted by molar-refractivity contribution is 6.30. The van der Waals surface area contributed by atoms with Crippen LogP contribution in [0.25, 0.3) is 0 Å². The summed E-state index contributed by atoms with van der Waals surface area (Å²) in [7, 11) is 1.51. The van der Waals surface area contributed by atoms with E-state index in [-0.39, 0.29) is 32.1 Å². The molecule has 2 unspecified atom stereocenters. The number of hydrogen-bond donors (Lipinski definition) is 3. The number of methoxy groups -OCH3 is 1. The predicted octanol–water partition coefficient (Wildman–Crippen LogP) is 4.57. The maximum Gasteiger partial charge on any atom is 0.412 e. The first-order valence-electron chi connectivity index (χ1n) is 13.7. The third-order valence-electron chi connectivity index (χ3n) is 7.34. The Kier molecular flexibility index (Phi) is 9.13.